The maximum atomic E-state index is 12.2. The molecular weight excluding hydrogens is 331 g/mol. The number of non-ortho nitro benzene ring substituents is 1. The number of methoxy groups -OCH3 is 1. The Morgan fingerprint density at radius 3 is 2.50 bits per heavy atom. The number of nitro benzene ring substituents is 1. The molecule has 0 aliphatic heterocycles. The molecule has 0 aliphatic rings. The number of nitrogens with zero attached hydrogens (tertiary/aromatic N) is 1. The Morgan fingerprint density at radius 1 is 1.18 bits per heavy atom. The number of halogens is 2. The molecule has 22 heavy (non-hydrogen) atoms. The van der Waals surface area contributed by atoms with Crippen LogP contribution in [0, 0.1) is 10.1 Å². The van der Waals surface area contributed by atoms with Gasteiger partial charge in [0.25, 0.3) is 11.6 Å². The Hall–Kier alpha value is -2.31. The largest absolute Gasteiger partial charge is 0.494 e. The van der Waals surface area contributed by atoms with Crippen LogP contribution in [0.4, 0.5) is 11.4 Å². The van der Waals surface area contributed by atoms with Gasteiger partial charge in [0.1, 0.15) is 5.75 Å². The molecule has 6 nitrogen and oxygen atoms in total. The van der Waals surface area contributed by atoms with Crippen molar-refractivity contribution in [1.29, 1.82) is 0 Å². The molecule has 2 aromatic carbocycles. The van der Waals surface area contributed by atoms with Gasteiger partial charge in [-0.3, -0.25) is 14.9 Å². The summed E-state index contributed by atoms with van der Waals surface area (Å²) in [4.78, 5) is 22.3. The average Bonchev–Trinajstić information content (AvgIpc) is 2.50. The molecule has 8 heteroatoms. The first kappa shape index (κ1) is 16.1. The maximum absolute atomic E-state index is 12.2. The van der Waals surface area contributed by atoms with Crippen LogP contribution in [-0.2, 0) is 0 Å². The van der Waals surface area contributed by atoms with Crippen molar-refractivity contribution in [2.45, 2.75) is 0 Å². The zero-order valence-electron chi connectivity index (χ0n) is 11.3. The van der Waals surface area contributed by atoms with E-state index in [1.807, 2.05) is 0 Å². The van der Waals surface area contributed by atoms with Gasteiger partial charge in [0, 0.05) is 11.6 Å². The number of nitro groups is 1. The van der Waals surface area contributed by atoms with Gasteiger partial charge < -0.3 is 10.1 Å². The van der Waals surface area contributed by atoms with E-state index in [2.05, 4.69) is 5.32 Å². The average molecular weight is 341 g/mol. The Bertz CT molecular complexity index is 750. The molecule has 0 bridgehead atoms. The normalized spacial score (nSPS) is 10.1. The van der Waals surface area contributed by atoms with Crippen LogP contribution >= 0.6 is 23.2 Å². The van der Waals surface area contributed by atoms with Crippen molar-refractivity contribution in [1.82, 2.24) is 0 Å². The summed E-state index contributed by atoms with van der Waals surface area (Å²) in [5.74, 6) is -0.256. The number of rotatable bonds is 4. The van der Waals surface area contributed by atoms with Crippen molar-refractivity contribution in [3.63, 3.8) is 0 Å². The Labute approximate surface area is 135 Å². The highest BCUT2D eigenvalue weighted by Gasteiger charge is 2.15. The number of benzene rings is 2. The standard InChI is InChI=1S/C14H10Cl2N2O4/c1-22-13-7-9(18(20)21)3-5-12(13)17-14(19)8-2-4-10(15)11(16)6-8/h2-7H,1H3,(H,17,19). The number of ether oxygens (including phenoxy) is 1. The molecule has 0 heterocycles. The fourth-order valence-corrected chi connectivity index (χ4v) is 2.03. The lowest BCUT2D eigenvalue weighted by atomic mass is 10.2. The predicted molar refractivity (Wildman–Crippen MR) is 84.1 cm³/mol. The molecule has 0 fully saturated rings. The van der Waals surface area contributed by atoms with E-state index in [1.165, 1.54) is 43.5 Å². The third-order valence-electron chi connectivity index (χ3n) is 2.83. The Kier molecular flexibility index (Phi) is 4.85. The predicted octanol–water partition coefficient (Wildman–Crippen LogP) is 4.16. The fourth-order valence-electron chi connectivity index (χ4n) is 1.73. The van der Waals surface area contributed by atoms with Gasteiger partial charge in [0.2, 0.25) is 0 Å². The molecule has 114 valence electrons. The lowest BCUT2D eigenvalue weighted by molar-refractivity contribution is -0.384. The molecule has 0 atom stereocenters. The van der Waals surface area contributed by atoms with Crippen LogP contribution in [-0.4, -0.2) is 17.9 Å². The van der Waals surface area contributed by atoms with E-state index < -0.39 is 10.8 Å². The van der Waals surface area contributed by atoms with Gasteiger partial charge in [-0.05, 0) is 24.3 Å². The summed E-state index contributed by atoms with van der Waals surface area (Å²) in [5, 5.41) is 13.9. The zero-order valence-corrected chi connectivity index (χ0v) is 12.8. The monoisotopic (exact) mass is 340 g/mol. The molecule has 2 aromatic rings. The number of carbonyl (C=O) groups excluding carboxylic acids is 1. The lowest BCUT2D eigenvalue weighted by Gasteiger charge is -2.10. The van der Waals surface area contributed by atoms with E-state index in [0.29, 0.717) is 16.3 Å². The van der Waals surface area contributed by atoms with E-state index in [9.17, 15) is 14.9 Å². The minimum Gasteiger partial charge on any atom is -0.494 e. The first-order valence-electron chi connectivity index (χ1n) is 6.01. The van der Waals surface area contributed by atoms with Gasteiger partial charge in [0.15, 0.2) is 0 Å². The van der Waals surface area contributed by atoms with Crippen molar-refractivity contribution in [2.75, 3.05) is 12.4 Å². The number of anilines is 1. The van der Waals surface area contributed by atoms with E-state index in [-0.39, 0.29) is 16.5 Å². The molecule has 0 aliphatic carbocycles. The quantitative estimate of drug-likeness (QED) is 0.669. The second-order valence-corrected chi connectivity index (χ2v) is 5.04. The molecule has 2 rings (SSSR count). The van der Waals surface area contributed by atoms with Crippen molar-refractivity contribution < 1.29 is 14.5 Å². The van der Waals surface area contributed by atoms with E-state index in [4.69, 9.17) is 27.9 Å². The summed E-state index contributed by atoms with van der Waals surface area (Å²) in [6.45, 7) is 0. The van der Waals surface area contributed by atoms with Crippen molar-refractivity contribution in [3.8, 4) is 5.75 Å². The molecule has 0 spiro atoms. The third-order valence-corrected chi connectivity index (χ3v) is 3.56. The summed E-state index contributed by atoms with van der Waals surface area (Å²) in [6, 6.07) is 8.34. The summed E-state index contributed by atoms with van der Waals surface area (Å²) in [6.07, 6.45) is 0. The summed E-state index contributed by atoms with van der Waals surface area (Å²) >= 11 is 11.7. The SMILES string of the molecule is COc1cc([N+](=O)[O-])ccc1NC(=O)c1ccc(Cl)c(Cl)c1. The summed E-state index contributed by atoms with van der Waals surface area (Å²) < 4.78 is 5.05. The Morgan fingerprint density at radius 2 is 1.91 bits per heavy atom. The highest BCUT2D eigenvalue weighted by Crippen LogP contribution is 2.30. The number of carbonyl (C=O) groups is 1. The fraction of sp³-hybridized carbons (Fsp3) is 0.0714. The topological polar surface area (TPSA) is 81.5 Å². The maximum Gasteiger partial charge on any atom is 0.273 e. The molecule has 0 saturated heterocycles. The van der Waals surface area contributed by atoms with E-state index >= 15 is 0 Å². The van der Waals surface area contributed by atoms with Gasteiger partial charge in [0.05, 0.1) is 33.8 Å². The minimum atomic E-state index is -0.549. The van der Waals surface area contributed by atoms with Crippen LogP contribution in [0.5, 0.6) is 5.75 Å². The number of nitrogens with one attached hydrogen (secondary N) is 1. The highest BCUT2D eigenvalue weighted by atomic mass is 35.5. The van der Waals surface area contributed by atoms with Gasteiger partial charge in [-0.25, -0.2) is 0 Å². The van der Waals surface area contributed by atoms with Gasteiger partial charge in [-0.2, -0.15) is 0 Å². The van der Waals surface area contributed by atoms with Gasteiger partial charge in [-0.15, -0.1) is 0 Å². The number of hydrogen-bond donors (Lipinski definition) is 1. The van der Waals surface area contributed by atoms with Crippen molar-refractivity contribution in [2.24, 2.45) is 0 Å². The van der Waals surface area contributed by atoms with E-state index in [1.54, 1.807) is 0 Å². The third kappa shape index (κ3) is 3.47. The second kappa shape index (κ2) is 6.64. The van der Waals surface area contributed by atoms with Crippen LogP contribution in [0.15, 0.2) is 36.4 Å². The van der Waals surface area contributed by atoms with Crippen LogP contribution in [0.2, 0.25) is 10.0 Å². The van der Waals surface area contributed by atoms with Gasteiger partial charge >= 0.3 is 0 Å². The first-order chi connectivity index (χ1) is 10.4. The smallest absolute Gasteiger partial charge is 0.273 e. The number of amides is 1. The van der Waals surface area contributed by atoms with E-state index in [0.717, 1.165) is 0 Å². The highest BCUT2D eigenvalue weighted by molar-refractivity contribution is 6.42. The van der Waals surface area contributed by atoms with Gasteiger partial charge in [-0.1, -0.05) is 23.2 Å². The minimum absolute atomic E-state index is 0.135. The molecular formula is C14H10Cl2N2O4. The van der Waals surface area contributed by atoms with Crippen LogP contribution in [0.1, 0.15) is 10.4 Å². The lowest BCUT2D eigenvalue weighted by Crippen LogP contribution is -2.12. The van der Waals surface area contributed by atoms with Crippen molar-refractivity contribution >= 4 is 40.5 Å². The Balaban J connectivity index is 2.27. The molecule has 0 aromatic heterocycles. The summed E-state index contributed by atoms with van der Waals surface area (Å²) in [5.41, 5.74) is 0.475. The van der Waals surface area contributed by atoms with Crippen LogP contribution in [0.25, 0.3) is 0 Å². The zero-order chi connectivity index (χ0) is 16.3. The number of hydrogen-bond acceptors (Lipinski definition) is 4. The van der Waals surface area contributed by atoms with Crippen LogP contribution in [0.3, 0.4) is 0 Å². The molecule has 1 amide bonds. The molecule has 1 N–H and O–H groups in total. The van der Waals surface area contributed by atoms with Crippen LogP contribution < -0.4 is 10.1 Å². The summed E-state index contributed by atoms with van der Waals surface area (Å²) in [7, 11) is 1.36. The van der Waals surface area contributed by atoms with Crippen molar-refractivity contribution in [3.05, 3.63) is 62.1 Å². The first-order valence-corrected chi connectivity index (χ1v) is 6.77. The second-order valence-electron chi connectivity index (χ2n) is 4.22. The molecule has 0 unspecified atom stereocenters. The molecule has 0 radical (unpaired) electrons. The molecule has 0 saturated carbocycles.